The highest BCUT2D eigenvalue weighted by molar-refractivity contribution is 5.56. The molecule has 0 radical (unpaired) electrons. The highest BCUT2D eigenvalue weighted by Gasteiger charge is 2.20. The fraction of sp³-hybridized carbons (Fsp3) is 0.400. The predicted octanol–water partition coefficient (Wildman–Crippen LogP) is 1.79. The van der Waals surface area contributed by atoms with E-state index >= 15 is 0 Å². The summed E-state index contributed by atoms with van der Waals surface area (Å²) in [6, 6.07) is 8.01. The van der Waals surface area contributed by atoms with Crippen LogP contribution in [0.4, 0.5) is 11.4 Å². The Hall–Kier alpha value is -1.22. The van der Waals surface area contributed by atoms with Gasteiger partial charge in [0.1, 0.15) is 0 Å². The summed E-state index contributed by atoms with van der Waals surface area (Å²) < 4.78 is 0. The second-order valence-corrected chi connectivity index (χ2v) is 3.55. The van der Waals surface area contributed by atoms with Crippen LogP contribution in [-0.2, 0) is 0 Å². The summed E-state index contributed by atoms with van der Waals surface area (Å²) in [4.78, 5) is 0. The van der Waals surface area contributed by atoms with Crippen molar-refractivity contribution in [3.63, 3.8) is 0 Å². The molecular formula is C10H15N3. The Morgan fingerprint density at radius 3 is 2.77 bits per heavy atom. The average Bonchev–Trinajstić information content (AvgIpc) is 2.99. The topological polar surface area (TPSA) is 50.1 Å². The normalized spacial score (nSPS) is 15.5. The van der Waals surface area contributed by atoms with Gasteiger partial charge in [-0.05, 0) is 37.0 Å². The van der Waals surface area contributed by atoms with E-state index in [0.717, 1.165) is 23.8 Å². The Kier molecular flexibility index (Phi) is 2.36. The van der Waals surface area contributed by atoms with Gasteiger partial charge in [-0.25, -0.2) is 0 Å². The first-order valence-electron chi connectivity index (χ1n) is 4.69. The van der Waals surface area contributed by atoms with Gasteiger partial charge in [-0.2, -0.15) is 0 Å². The smallest absolute Gasteiger partial charge is 0.0505 e. The van der Waals surface area contributed by atoms with Gasteiger partial charge in [0.2, 0.25) is 0 Å². The van der Waals surface area contributed by atoms with E-state index < -0.39 is 0 Å². The third-order valence-corrected chi connectivity index (χ3v) is 2.32. The van der Waals surface area contributed by atoms with E-state index in [1.54, 1.807) is 0 Å². The van der Waals surface area contributed by atoms with Gasteiger partial charge in [0.05, 0.1) is 5.69 Å². The zero-order chi connectivity index (χ0) is 9.10. The van der Waals surface area contributed by atoms with Crippen molar-refractivity contribution in [2.24, 2.45) is 11.8 Å². The number of hydrazine groups is 1. The lowest BCUT2D eigenvalue weighted by atomic mass is 10.2. The average molecular weight is 177 g/mol. The monoisotopic (exact) mass is 177 g/mol. The van der Waals surface area contributed by atoms with Crippen molar-refractivity contribution in [3.8, 4) is 0 Å². The summed E-state index contributed by atoms with van der Waals surface area (Å²) in [5.41, 5.74) is 4.72. The number of nitrogen functional groups attached to an aromatic ring is 1. The van der Waals surface area contributed by atoms with Gasteiger partial charge < -0.3 is 10.7 Å². The lowest BCUT2D eigenvalue weighted by Crippen LogP contribution is -2.08. The summed E-state index contributed by atoms with van der Waals surface area (Å²) in [7, 11) is 0. The minimum absolute atomic E-state index is 0.898. The van der Waals surface area contributed by atoms with Gasteiger partial charge in [0, 0.05) is 12.2 Å². The van der Waals surface area contributed by atoms with Gasteiger partial charge in [-0.15, -0.1) is 0 Å². The molecule has 4 N–H and O–H groups in total. The van der Waals surface area contributed by atoms with E-state index in [0.29, 0.717) is 0 Å². The van der Waals surface area contributed by atoms with Crippen LogP contribution in [0.3, 0.4) is 0 Å². The van der Waals surface area contributed by atoms with E-state index in [1.807, 2.05) is 18.2 Å². The zero-order valence-electron chi connectivity index (χ0n) is 7.59. The maximum Gasteiger partial charge on any atom is 0.0505 e. The van der Waals surface area contributed by atoms with Crippen LogP contribution in [0.25, 0.3) is 0 Å². The molecule has 2 rings (SSSR count). The first-order valence-corrected chi connectivity index (χ1v) is 4.69. The lowest BCUT2D eigenvalue weighted by Gasteiger charge is -2.06. The molecular weight excluding hydrogens is 162 g/mol. The van der Waals surface area contributed by atoms with Crippen LogP contribution in [0.5, 0.6) is 0 Å². The first kappa shape index (κ1) is 8.38. The highest BCUT2D eigenvalue weighted by atomic mass is 15.2. The fourth-order valence-corrected chi connectivity index (χ4v) is 1.30. The number of nitrogens with one attached hydrogen (secondary N) is 2. The van der Waals surface area contributed by atoms with Gasteiger partial charge in [0.25, 0.3) is 0 Å². The van der Waals surface area contributed by atoms with Crippen molar-refractivity contribution in [1.29, 1.82) is 0 Å². The van der Waals surface area contributed by atoms with E-state index in [1.165, 1.54) is 12.8 Å². The van der Waals surface area contributed by atoms with Crippen LogP contribution in [0.2, 0.25) is 0 Å². The van der Waals surface area contributed by atoms with Crippen molar-refractivity contribution < 1.29 is 0 Å². The van der Waals surface area contributed by atoms with Crippen molar-refractivity contribution in [2.75, 3.05) is 17.3 Å². The molecule has 0 bridgehead atoms. The maximum atomic E-state index is 5.31. The van der Waals surface area contributed by atoms with E-state index in [-0.39, 0.29) is 0 Å². The number of hydrogen-bond donors (Lipinski definition) is 3. The second kappa shape index (κ2) is 3.66. The van der Waals surface area contributed by atoms with E-state index in [2.05, 4.69) is 16.8 Å². The molecule has 0 unspecified atom stereocenters. The second-order valence-electron chi connectivity index (χ2n) is 3.55. The van der Waals surface area contributed by atoms with Gasteiger partial charge in [-0.1, -0.05) is 6.07 Å². The zero-order valence-corrected chi connectivity index (χ0v) is 7.59. The third kappa shape index (κ3) is 2.36. The fourth-order valence-electron chi connectivity index (χ4n) is 1.30. The molecule has 3 heteroatoms. The first-order chi connectivity index (χ1) is 6.38. The standard InChI is InChI=1S/C10H15N3/c11-13-10-3-1-2-9(6-10)12-7-8-4-5-8/h1-3,6,8,12-13H,4-5,7,11H2. The summed E-state index contributed by atoms with van der Waals surface area (Å²) in [6.07, 6.45) is 2.75. The molecule has 0 amide bonds. The SMILES string of the molecule is NNc1cccc(NCC2CC2)c1. The summed E-state index contributed by atoms with van der Waals surface area (Å²) in [5.74, 6) is 6.21. The van der Waals surface area contributed by atoms with Crippen LogP contribution in [0.1, 0.15) is 12.8 Å². The predicted molar refractivity (Wildman–Crippen MR) is 55.5 cm³/mol. The molecule has 13 heavy (non-hydrogen) atoms. The molecule has 1 aromatic rings. The molecule has 0 spiro atoms. The molecule has 0 saturated heterocycles. The molecule has 1 aromatic carbocycles. The molecule has 0 aromatic heterocycles. The molecule has 0 atom stereocenters. The Balaban J connectivity index is 1.93. The van der Waals surface area contributed by atoms with Crippen LogP contribution >= 0.6 is 0 Å². The number of hydrogen-bond acceptors (Lipinski definition) is 3. The van der Waals surface area contributed by atoms with E-state index in [4.69, 9.17) is 5.84 Å². The molecule has 0 heterocycles. The Morgan fingerprint density at radius 2 is 2.08 bits per heavy atom. The van der Waals surface area contributed by atoms with Crippen molar-refractivity contribution in [1.82, 2.24) is 0 Å². The highest BCUT2D eigenvalue weighted by Crippen LogP contribution is 2.29. The largest absolute Gasteiger partial charge is 0.385 e. The Labute approximate surface area is 78.3 Å². The Bertz CT molecular complexity index is 281. The van der Waals surface area contributed by atoms with Crippen LogP contribution in [0.15, 0.2) is 24.3 Å². The number of rotatable bonds is 4. The quantitative estimate of drug-likeness (QED) is 0.485. The Morgan fingerprint density at radius 1 is 1.31 bits per heavy atom. The molecule has 1 aliphatic rings. The van der Waals surface area contributed by atoms with Gasteiger partial charge in [0.15, 0.2) is 0 Å². The van der Waals surface area contributed by atoms with Crippen LogP contribution < -0.4 is 16.6 Å². The molecule has 1 fully saturated rings. The summed E-state index contributed by atoms with van der Waals surface area (Å²) in [6.45, 7) is 1.09. The third-order valence-electron chi connectivity index (χ3n) is 2.32. The van der Waals surface area contributed by atoms with Crippen molar-refractivity contribution in [2.45, 2.75) is 12.8 Å². The molecule has 70 valence electrons. The van der Waals surface area contributed by atoms with Crippen LogP contribution in [0, 0.1) is 5.92 Å². The molecule has 0 aliphatic heterocycles. The summed E-state index contributed by atoms with van der Waals surface area (Å²) >= 11 is 0. The minimum atomic E-state index is 0.898. The maximum absolute atomic E-state index is 5.31. The van der Waals surface area contributed by atoms with Gasteiger partial charge >= 0.3 is 0 Å². The number of benzene rings is 1. The van der Waals surface area contributed by atoms with Crippen molar-refractivity contribution in [3.05, 3.63) is 24.3 Å². The molecule has 3 nitrogen and oxygen atoms in total. The number of nitrogens with two attached hydrogens (primary N) is 1. The van der Waals surface area contributed by atoms with Crippen molar-refractivity contribution >= 4 is 11.4 Å². The molecule has 1 saturated carbocycles. The minimum Gasteiger partial charge on any atom is -0.385 e. The van der Waals surface area contributed by atoms with Crippen LogP contribution in [-0.4, -0.2) is 6.54 Å². The number of anilines is 2. The van der Waals surface area contributed by atoms with E-state index in [9.17, 15) is 0 Å². The lowest BCUT2D eigenvalue weighted by molar-refractivity contribution is 0.889. The summed E-state index contributed by atoms with van der Waals surface area (Å²) in [5, 5.41) is 3.39. The molecule has 1 aliphatic carbocycles. The van der Waals surface area contributed by atoms with Gasteiger partial charge in [-0.3, -0.25) is 5.84 Å².